The fourth-order valence-corrected chi connectivity index (χ4v) is 9.74. The van der Waals surface area contributed by atoms with E-state index in [0.717, 1.165) is 43.7 Å². The average Bonchev–Trinajstić information content (AvgIpc) is 3.82. The molecule has 0 fully saturated rings. The van der Waals surface area contributed by atoms with Gasteiger partial charge < -0.3 is 19.3 Å². The van der Waals surface area contributed by atoms with Crippen molar-refractivity contribution < 1.29 is 9.47 Å². The molecule has 2 aliphatic heterocycles. The highest BCUT2D eigenvalue weighted by molar-refractivity contribution is 6.32. The molecular formula is C44H57ClN2O2. The minimum absolute atomic E-state index is 0.0514. The number of unbranched alkanes of at least 4 members (excludes halogenated alkanes) is 1. The summed E-state index contributed by atoms with van der Waals surface area (Å²) in [5, 5.41) is 0.891. The van der Waals surface area contributed by atoms with E-state index in [1.165, 1.54) is 94.6 Å². The van der Waals surface area contributed by atoms with Crippen LogP contribution in [0.5, 0.6) is 0 Å². The lowest BCUT2D eigenvalue weighted by molar-refractivity contribution is -0.0681. The Morgan fingerprint density at radius 1 is 0.755 bits per heavy atom. The van der Waals surface area contributed by atoms with Crippen LogP contribution in [0, 0.1) is 0 Å². The molecule has 1 unspecified atom stereocenters. The summed E-state index contributed by atoms with van der Waals surface area (Å²) in [6.45, 7) is 13.5. The molecule has 0 saturated carbocycles. The summed E-state index contributed by atoms with van der Waals surface area (Å²) in [6, 6.07) is 9.85. The first-order chi connectivity index (χ1) is 23.5. The second-order valence-electron chi connectivity index (χ2n) is 16.1. The summed E-state index contributed by atoms with van der Waals surface area (Å²) in [5.41, 5.74) is 14.3. The number of likely N-dealkylation sites (N-methyl/N-ethyl adjacent to an activating group) is 2. The van der Waals surface area contributed by atoms with Gasteiger partial charge in [-0.25, -0.2) is 0 Å². The summed E-state index contributed by atoms with van der Waals surface area (Å²) in [7, 11) is 4.44. The molecule has 0 radical (unpaired) electrons. The van der Waals surface area contributed by atoms with Gasteiger partial charge in [0.1, 0.15) is 0 Å². The third-order valence-corrected chi connectivity index (χ3v) is 13.0. The van der Waals surface area contributed by atoms with Crippen LogP contribution in [0.3, 0.4) is 0 Å². The van der Waals surface area contributed by atoms with Crippen molar-refractivity contribution in [2.45, 2.75) is 122 Å². The molecule has 0 N–H and O–H groups in total. The highest BCUT2D eigenvalue weighted by Gasteiger charge is 2.56. The van der Waals surface area contributed by atoms with Gasteiger partial charge in [0.05, 0.1) is 13.2 Å². The van der Waals surface area contributed by atoms with Crippen molar-refractivity contribution in [1.82, 2.24) is 0 Å². The van der Waals surface area contributed by atoms with Gasteiger partial charge in [0.25, 0.3) is 0 Å². The molecule has 2 heterocycles. The summed E-state index contributed by atoms with van der Waals surface area (Å²) >= 11 is 7.31. The van der Waals surface area contributed by atoms with E-state index in [1.807, 2.05) is 0 Å². The number of ether oxygens (including phenoxy) is 2. The fraction of sp³-hybridized carbons (Fsp3) is 0.545. The first-order valence-corrected chi connectivity index (χ1v) is 19.4. The minimum Gasteiger partial charge on any atom is -0.379 e. The van der Waals surface area contributed by atoms with Crippen LogP contribution in [-0.4, -0.2) is 39.6 Å². The van der Waals surface area contributed by atoms with Gasteiger partial charge in [-0.3, -0.25) is 0 Å². The maximum atomic E-state index is 7.31. The van der Waals surface area contributed by atoms with Crippen LogP contribution in [0.4, 0.5) is 11.4 Å². The van der Waals surface area contributed by atoms with Gasteiger partial charge in [-0.2, -0.15) is 0 Å². The Morgan fingerprint density at radius 3 is 2.08 bits per heavy atom. The van der Waals surface area contributed by atoms with Crippen molar-refractivity contribution in [2.24, 2.45) is 0 Å². The minimum atomic E-state index is -0.658. The van der Waals surface area contributed by atoms with Gasteiger partial charge in [-0.15, -0.1) is 0 Å². The van der Waals surface area contributed by atoms with Crippen molar-refractivity contribution >= 4 is 23.0 Å². The van der Waals surface area contributed by atoms with E-state index in [-0.39, 0.29) is 10.8 Å². The van der Waals surface area contributed by atoms with Gasteiger partial charge in [0.15, 0.2) is 5.72 Å². The number of aryl methyl sites for hydroxylation is 4. The monoisotopic (exact) mass is 680 g/mol. The number of allylic oxidation sites excluding steroid dienone is 7. The van der Waals surface area contributed by atoms with E-state index in [4.69, 9.17) is 21.1 Å². The quantitative estimate of drug-likeness (QED) is 0.233. The Labute approximate surface area is 300 Å². The predicted molar refractivity (Wildman–Crippen MR) is 206 cm³/mol. The number of hydrogen-bond acceptors (Lipinski definition) is 4. The lowest BCUT2D eigenvalue weighted by atomic mass is 9.76. The molecule has 0 saturated heterocycles. The van der Waals surface area contributed by atoms with E-state index in [9.17, 15) is 0 Å². The Balaban J connectivity index is 1.19. The van der Waals surface area contributed by atoms with Gasteiger partial charge in [-0.1, -0.05) is 76.9 Å². The fourth-order valence-electron chi connectivity index (χ4n) is 9.43. The zero-order valence-corrected chi connectivity index (χ0v) is 31.9. The molecule has 0 spiro atoms. The van der Waals surface area contributed by atoms with Crippen LogP contribution in [0.2, 0.25) is 0 Å². The Kier molecular flexibility index (Phi) is 9.47. The number of halogens is 1. The van der Waals surface area contributed by atoms with Gasteiger partial charge in [0.2, 0.25) is 0 Å². The lowest BCUT2D eigenvalue weighted by Gasteiger charge is -2.44. The van der Waals surface area contributed by atoms with Crippen molar-refractivity contribution in [1.29, 1.82) is 0 Å². The van der Waals surface area contributed by atoms with Crippen LogP contribution in [-0.2, 0) is 46.0 Å². The summed E-state index contributed by atoms with van der Waals surface area (Å²) in [4.78, 5) is 4.79. The largest absolute Gasteiger partial charge is 0.379 e. The highest BCUT2D eigenvalue weighted by Crippen LogP contribution is 2.54. The average molecular weight is 681 g/mol. The first-order valence-electron chi connectivity index (χ1n) is 19.0. The molecule has 262 valence electrons. The van der Waals surface area contributed by atoms with Crippen molar-refractivity contribution in [2.75, 3.05) is 43.7 Å². The molecule has 49 heavy (non-hydrogen) atoms. The van der Waals surface area contributed by atoms with Crippen LogP contribution in [0.1, 0.15) is 113 Å². The first kappa shape index (κ1) is 34.6. The molecular weight excluding hydrogens is 624 g/mol. The zero-order valence-electron chi connectivity index (χ0n) is 31.1. The third kappa shape index (κ3) is 5.84. The molecule has 4 nitrogen and oxygen atoms in total. The Morgan fingerprint density at radius 2 is 1.39 bits per heavy atom. The van der Waals surface area contributed by atoms with Crippen molar-refractivity contribution in [3.8, 4) is 0 Å². The lowest BCUT2D eigenvalue weighted by Crippen LogP contribution is -2.55. The molecule has 3 aliphatic carbocycles. The molecule has 5 heteroatoms. The standard InChI is InChI=1S/C44H57ClN2O2/c1-8-9-23-48-24-25-49-44(43(4,5)37-27-33-16-12-18-35(33)29-39(37)47(44)7)22-21-31-14-10-13-30(41(31)45)19-20-40-42(2,3)36-26-32-15-11-17-34(32)28-38(36)46(40)6/h19-22,26-29H,8-18,23-25H2,1-7H3. The topological polar surface area (TPSA) is 24.9 Å². The summed E-state index contributed by atoms with van der Waals surface area (Å²) in [5.74, 6) is 0. The number of hydrogen-bond donors (Lipinski definition) is 0. The molecule has 1 atom stereocenters. The van der Waals surface area contributed by atoms with Crippen molar-refractivity contribution in [3.63, 3.8) is 0 Å². The molecule has 0 bridgehead atoms. The van der Waals surface area contributed by atoms with E-state index in [2.05, 4.69) is 107 Å². The molecule has 7 rings (SSSR count). The normalized spacial score (nSPS) is 25.2. The maximum absolute atomic E-state index is 7.31. The van der Waals surface area contributed by atoms with E-state index in [0.29, 0.717) is 13.2 Å². The molecule has 0 aromatic heterocycles. The predicted octanol–water partition coefficient (Wildman–Crippen LogP) is 10.4. The van der Waals surface area contributed by atoms with E-state index < -0.39 is 5.72 Å². The van der Waals surface area contributed by atoms with Crippen LogP contribution in [0.25, 0.3) is 0 Å². The Bertz CT molecular complexity index is 1740. The van der Waals surface area contributed by atoms with Crippen LogP contribution in [0.15, 0.2) is 70.4 Å². The van der Waals surface area contributed by atoms with Crippen LogP contribution >= 0.6 is 11.6 Å². The zero-order chi connectivity index (χ0) is 34.6. The number of fused-ring (bicyclic) bond motifs is 4. The SMILES string of the molecule is CCCCOCCOC1(C=CC2=C(Cl)C(=CC=C3N(C)c4cc5c(cc4C3(C)C)CCC5)CCC2)N(C)c2cc3c(cc2C1(C)C)CCC3. The number of nitrogens with zero attached hydrogens (tertiary/aromatic N) is 2. The smallest absolute Gasteiger partial charge is 0.169 e. The van der Waals surface area contributed by atoms with E-state index >= 15 is 0 Å². The number of rotatable bonds is 10. The van der Waals surface area contributed by atoms with Crippen LogP contribution < -0.4 is 9.80 Å². The third-order valence-electron chi connectivity index (χ3n) is 12.5. The van der Waals surface area contributed by atoms with E-state index in [1.54, 1.807) is 5.56 Å². The number of anilines is 2. The highest BCUT2D eigenvalue weighted by atomic mass is 35.5. The molecule has 5 aliphatic rings. The molecule has 2 aromatic carbocycles. The summed E-state index contributed by atoms with van der Waals surface area (Å²) < 4.78 is 13.0. The maximum Gasteiger partial charge on any atom is 0.169 e. The van der Waals surface area contributed by atoms with Gasteiger partial charge >= 0.3 is 0 Å². The summed E-state index contributed by atoms with van der Waals surface area (Å²) in [6.07, 6.45) is 21.8. The van der Waals surface area contributed by atoms with Gasteiger partial charge in [-0.05, 0) is 133 Å². The number of benzene rings is 2. The molecule has 2 aromatic rings. The van der Waals surface area contributed by atoms with Crippen molar-refractivity contribution in [3.05, 3.63) is 104 Å². The molecule has 0 amide bonds. The van der Waals surface area contributed by atoms with Gasteiger partial charge in [0, 0.05) is 53.6 Å². The second-order valence-corrected chi connectivity index (χ2v) is 16.5. The second kappa shape index (κ2) is 13.4. The Hall–Kier alpha value is -2.79.